The Balaban J connectivity index is 1.34. The Kier molecular flexibility index (Phi) is 4.10. The van der Waals surface area contributed by atoms with Crippen LogP contribution in [0.5, 0.6) is 0 Å². The standard InChI is InChI=1S/C22H16N6O/c29-22(16-12-25-28(14-16)18-6-2-1-3-7-18)26-17-10-11-21(23-13-17)27-15-24-19-8-4-5-9-20(19)27/h1-15H,(H,26,29). The fourth-order valence-electron chi connectivity index (χ4n) is 3.11. The van der Waals surface area contributed by atoms with Crippen LogP contribution in [0.25, 0.3) is 22.5 Å². The summed E-state index contributed by atoms with van der Waals surface area (Å²) in [5.74, 6) is 0.489. The van der Waals surface area contributed by atoms with Crippen LogP contribution in [0.2, 0.25) is 0 Å². The van der Waals surface area contributed by atoms with E-state index in [1.54, 1.807) is 29.6 Å². The maximum absolute atomic E-state index is 12.5. The third kappa shape index (κ3) is 3.25. The average molecular weight is 380 g/mol. The number of imidazole rings is 1. The van der Waals surface area contributed by atoms with E-state index in [1.807, 2.05) is 71.3 Å². The van der Waals surface area contributed by atoms with Gasteiger partial charge in [-0.3, -0.25) is 9.36 Å². The molecule has 1 N–H and O–H groups in total. The number of hydrogen-bond acceptors (Lipinski definition) is 4. The summed E-state index contributed by atoms with van der Waals surface area (Å²) >= 11 is 0. The Morgan fingerprint density at radius 1 is 0.862 bits per heavy atom. The van der Waals surface area contributed by atoms with Crippen LogP contribution < -0.4 is 5.32 Å². The quantitative estimate of drug-likeness (QED) is 0.514. The number of hydrogen-bond donors (Lipinski definition) is 1. The molecule has 0 fully saturated rings. The van der Waals surface area contributed by atoms with Crippen molar-refractivity contribution in [1.82, 2.24) is 24.3 Å². The summed E-state index contributed by atoms with van der Waals surface area (Å²) in [5, 5.41) is 7.11. The molecule has 0 saturated heterocycles. The number of pyridine rings is 1. The van der Waals surface area contributed by atoms with Crippen molar-refractivity contribution < 1.29 is 4.79 Å². The lowest BCUT2D eigenvalue weighted by atomic mass is 10.3. The van der Waals surface area contributed by atoms with E-state index in [0.29, 0.717) is 11.3 Å². The molecule has 7 nitrogen and oxygen atoms in total. The van der Waals surface area contributed by atoms with Crippen LogP contribution >= 0.6 is 0 Å². The minimum atomic E-state index is -0.241. The van der Waals surface area contributed by atoms with Gasteiger partial charge < -0.3 is 5.32 Å². The topological polar surface area (TPSA) is 77.6 Å². The van der Waals surface area contributed by atoms with E-state index >= 15 is 0 Å². The highest BCUT2D eigenvalue weighted by atomic mass is 16.1. The molecule has 0 bridgehead atoms. The molecule has 29 heavy (non-hydrogen) atoms. The molecule has 2 aromatic carbocycles. The third-order valence-corrected chi connectivity index (χ3v) is 4.57. The van der Waals surface area contributed by atoms with Crippen LogP contribution in [-0.4, -0.2) is 30.2 Å². The van der Waals surface area contributed by atoms with Gasteiger partial charge in [-0.2, -0.15) is 5.10 Å². The molecule has 3 aromatic heterocycles. The molecule has 0 aliphatic heterocycles. The van der Waals surface area contributed by atoms with Crippen LogP contribution in [0.3, 0.4) is 0 Å². The summed E-state index contributed by atoms with van der Waals surface area (Å²) in [4.78, 5) is 21.4. The zero-order chi connectivity index (χ0) is 19.6. The maximum atomic E-state index is 12.5. The number of carbonyl (C=O) groups excluding carboxylic acids is 1. The Bertz CT molecular complexity index is 1290. The molecule has 0 aliphatic rings. The molecule has 3 heterocycles. The number of nitrogens with zero attached hydrogens (tertiary/aromatic N) is 5. The first-order valence-electron chi connectivity index (χ1n) is 9.08. The minimum Gasteiger partial charge on any atom is -0.320 e. The predicted molar refractivity (Wildman–Crippen MR) is 110 cm³/mol. The Morgan fingerprint density at radius 2 is 1.69 bits per heavy atom. The Labute approximate surface area is 166 Å². The van der Waals surface area contributed by atoms with E-state index in [4.69, 9.17) is 0 Å². The van der Waals surface area contributed by atoms with Gasteiger partial charge in [0.15, 0.2) is 0 Å². The van der Waals surface area contributed by atoms with Gasteiger partial charge in [0.2, 0.25) is 0 Å². The van der Waals surface area contributed by atoms with Crippen LogP contribution in [0, 0.1) is 0 Å². The first-order valence-corrected chi connectivity index (χ1v) is 9.08. The molecule has 140 valence electrons. The van der Waals surface area contributed by atoms with E-state index in [2.05, 4.69) is 20.4 Å². The zero-order valence-electron chi connectivity index (χ0n) is 15.3. The van der Waals surface area contributed by atoms with Crippen LogP contribution in [0.4, 0.5) is 5.69 Å². The molecule has 1 amide bonds. The summed E-state index contributed by atoms with van der Waals surface area (Å²) in [5.41, 5.74) is 3.85. The SMILES string of the molecule is O=C(Nc1ccc(-n2cnc3ccccc32)nc1)c1cnn(-c2ccccc2)c1. The number of benzene rings is 2. The van der Waals surface area contributed by atoms with Gasteiger partial charge in [0, 0.05) is 6.20 Å². The van der Waals surface area contributed by atoms with Gasteiger partial charge in [0.25, 0.3) is 5.91 Å². The number of anilines is 1. The van der Waals surface area contributed by atoms with Gasteiger partial charge in [-0.15, -0.1) is 0 Å². The average Bonchev–Trinajstić information content (AvgIpc) is 3.43. The third-order valence-electron chi connectivity index (χ3n) is 4.57. The second-order valence-electron chi connectivity index (χ2n) is 6.47. The summed E-state index contributed by atoms with van der Waals surface area (Å²) in [6, 6.07) is 21.2. The fraction of sp³-hybridized carbons (Fsp3) is 0. The number of carbonyl (C=O) groups is 1. The zero-order valence-corrected chi connectivity index (χ0v) is 15.3. The predicted octanol–water partition coefficient (Wildman–Crippen LogP) is 3.86. The smallest absolute Gasteiger partial charge is 0.258 e. The van der Waals surface area contributed by atoms with Crippen molar-refractivity contribution in [2.75, 3.05) is 5.32 Å². The summed E-state index contributed by atoms with van der Waals surface area (Å²) in [6.45, 7) is 0. The van der Waals surface area contributed by atoms with Gasteiger partial charge >= 0.3 is 0 Å². The van der Waals surface area contributed by atoms with Crippen LogP contribution in [0.15, 0.2) is 91.6 Å². The molecule has 0 spiro atoms. The molecule has 7 heteroatoms. The highest BCUT2D eigenvalue weighted by molar-refractivity contribution is 6.03. The minimum absolute atomic E-state index is 0.241. The van der Waals surface area contributed by atoms with Crippen molar-refractivity contribution in [3.8, 4) is 11.5 Å². The first kappa shape index (κ1) is 16.9. The number of aromatic nitrogens is 5. The van der Waals surface area contributed by atoms with E-state index in [-0.39, 0.29) is 5.91 Å². The number of amides is 1. The van der Waals surface area contributed by atoms with E-state index in [9.17, 15) is 4.79 Å². The molecule has 0 unspecified atom stereocenters. The Morgan fingerprint density at radius 3 is 2.52 bits per heavy atom. The van der Waals surface area contributed by atoms with Crippen molar-refractivity contribution in [1.29, 1.82) is 0 Å². The lowest BCUT2D eigenvalue weighted by Crippen LogP contribution is -2.11. The van der Waals surface area contributed by atoms with E-state index in [1.165, 1.54) is 0 Å². The molecular weight excluding hydrogens is 364 g/mol. The molecule has 0 aliphatic carbocycles. The summed E-state index contributed by atoms with van der Waals surface area (Å²) < 4.78 is 3.57. The van der Waals surface area contributed by atoms with Crippen molar-refractivity contribution >= 4 is 22.6 Å². The van der Waals surface area contributed by atoms with Crippen LogP contribution in [-0.2, 0) is 0 Å². The summed E-state index contributed by atoms with van der Waals surface area (Å²) in [6.07, 6.45) is 6.61. The molecule has 5 rings (SSSR count). The van der Waals surface area contributed by atoms with Crippen molar-refractivity contribution in [3.63, 3.8) is 0 Å². The molecule has 0 atom stereocenters. The molecule has 5 aromatic rings. The highest BCUT2D eigenvalue weighted by Crippen LogP contribution is 2.18. The van der Waals surface area contributed by atoms with E-state index in [0.717, 1.165) is 22.5 Å². The number of nitrogens with one attached hydrogen (secondary N) is 1. The van der Waals surface area contributed by atoms with Crippen LogP contribution in [0.1, 0.15) is 10.4 Å². The number of rotatable bonds is 4. The monoisotopic (exact) mass is 380 g/mol. The van der Waals surface area contributed by atoms with Gasteiger partial charge in [-0.1, -0.05) is 30.3 Å². The van der Waals surface area contributed by atoms with Crippen molar-refractivity contribution in [2.24, 2.45) is 0 Å². The van der Waals surface area contributed by atoms with Crippen molar-refractivity contribution in [3.05, 3.63) is 97.2 Å². The van der Waals surface area contributed by atoms with Gasteiger partial charge in [-0.05, 0) is 36.4 Å². The molecule has 0 saturated carbocycles. The number of para-hydroxylation sites is 3. The first-order chi connectivity index (χ1) is 14.3. The van der Waals surface area contributed by atoms with Gasteiger partial charge in [0.05, 0.1) is 40.4 Å². The molecular formula is C22H16N6O. The van der Waals surface area contributed by atoms with Crippen molar-refractivity contribution in [2.45, 2.75) is 0 Å². The summed E-state index contributed by atoms with van der Waals surface area (Å²) in [7, 11) is 0. The normalized spacial score (nSPS) is 10.9. The fourth-order valence-corrected chi connectivity index (χ4v) is 3.11. The highest BCUT2D eigenvalue weighted by Gasteiger charge is 2.11. The maximum Gasteiger partial charge on any atom is 0.258 e. The molecule has 0 radical (unpaired) electrons. The largest absolute Gasteiger partial charge is 0.320 e. The Hall–Kier alpha value is -4.26. The second kappa shape index (κ2) is 7.05. The lowest BCUT2D eigenvalue weighted by Gasteiger charge is -2.06. The lowest BCUT2D eigenvalue weighted by molar-refractivity contribution is 0.102. The van der Waals surface area contributed by atoms with E-state index < -0.39 is 0 Å². The van der Waals surface area contributed by atoms with Gasteiger partial charge in [0.1, 0.15) is 12.1 Å². The number of fused-ring (bicyclic) bond motifs is 1. The second-order valence-corrected chi connectivity index (χ2v) is 6.47. The van der Waals surface area contributed by atoms with Gasteiger partial charge in [-0.25, -0.2) is 14.6 Å².